The first-order valence-corrected chi connectivity index (χ1v) is 4.93. The molecule has 1 unspecified atom stereocenters. The third kappa shape index (κ3) is 4.13. The Morgan fingerprint density at radius 3 is 2.69 bits per heavy atom. The molecule has 1 aromatic rings. The maximum absolute atomic E-state index is 5.02. The van der Waals surface area contributed by atoms with Crippen molar-refractivity contribution in [2.75, 3.05) is 6.54 Å². The molecule has 1 rings (SSSR count). The van der Waals surface area contributed by atoms with Crippen molar-refractivity contribution in [1.29, 1.82) is 0 Å². The van der Waals surface area contributed by atoms with Gasteiger partial charge in [0.2, 0.25) is 0 Å². The van der Waals surface area contributed by atoms with Gasteiger partial charge >= 0.3 is 0 Å². The van der Waals surface area contributed by atoms with Crippen molar-refractivity contribution in [2.45, 2.75) is 33.2 Å². The second kappa shape index (κ2) is 5.07. The maximum atomic E-state index is 5.02. The first-order valence-electron chi connectivity index (χ1n) is 4.93. The van der Waals surface area contributed by atoms with Gasteiger partial charge < -0.3 is 9.73 Å². The zero-order valence-corrected chi connectivity index (χ0v) is 8.71. The molecule has 2 heteroatoms. The van der Waals surface area contributed by atoms with Crippen LogP contribution in [0.5, 0.6) is 0 Å². The van der Waals surface area contributed by atoms with Gasteiger partial charge in [-0.2, -0.15) is 0 Å². The largest absolute Gasteiger partial charge is 0.472 e. The van der Waals surface area contributed by atoms with E-state index in [1.807, 2.05) is 12.3 Å². The van der Waals surface area contributed by atoms with Crippen LogP contribution in [0, 0.1) is 5.92 Å². The van der Waals surface area contributed by atoms with Crippen LogP contribution in [0.25, 0.3) is 0 Å². The van der Waals surface area contributed by atoms with E-state index in [4.69, 9.17) is 4.42 Å². The molecular formula is C11H19NO. The van der Waals surface area contributed by atoms with E-state index in [1.54, 1.807) is 6.26 Å². The molecule has 1 heterocycles. The molecule has 0 bridgehead atoms. The molecule has 0 saturated heterocycles. The average molecular weight is 181 g/mol. The van der Waals surface area contributed by atoms with Crippen LogP contribution in [0.4, 0.5) is 0 Å². The lowest BCUT2D eigenvalue weighted by atomic mass is 10.0. The standard InChI is InChI=1S/C11H19NO/c1-9(2)12-7-10(3)6-11-4-5-13-8-11/h4-5,8-10,12H,6-7H2,1-3H3. The van der Waals surface area contributed by atoms with Gasteiger partial charge in [0.25, 0.3) is 0 Å². The van der Waals surface area contributed by atoms with Gasteiger partial charge in [-0.25, -0.2) is 0 Å². The second-order valence-electron chi connectivity index (χ2n) is 4.00. The highest BCUT2D eigenvalue weighted by atomic mass is 16.3. The molecule has 13 heavy (non-hydrogen) atoms. The smallest absolute Gasteiger partial charge is 0.0934 e. The summed E-state index contributed by atoms with van der Waals surface area (Å²) >= 11 is 0. The van der Waals surface area contributed by atoms with E-state index in [2.05, 4.69) is 26.1 Å². The van der Waals surface area contributed by atoms with Crippen LogP contribution >= 0.6 is 0 Å². The molecule has 0 aliphatic carbocycles. The van der Waals surface area contributed by atoms with Crippen LogP contribution < -0.4 is 5.32 Å². The van der Waals surface area contributed by atoms with E-state index < -0.39 is 0 Å². The lowest BCUT2D eigenvalue weighted by Crippen LogP contribution is -2.28. The highest BCUT2D eigenvalue weighted by Crippen LogP contribution is 2.08. The Kier molecular flexibility index (Phi) is 4.03. The van der Waals surface area contributed by atoms with Gasteiger partial charge in [0, 0.05) is 6.04 Å². The summed E-state index contributed by atoms with van der Waals surface area (Å²) in [6.07, 6.45) is 4.65. The quantitative estimate of drug-likeness (QED) is 0.754. The molecule has 74 valence electrons. The summed E-state index contributed by atoms with van der Waals surface area (Å²) in [7, 11) is 0. The molecule has 1 aromatic heterocycles. The van der Waals surface area contributed by atoms with Crippen LogP contribution in [0.1, 0.15) is 26.3 Å². The molecule has 0 aliphatic rings. The lowest BCUT2D eigenvalue weighted by Gasteiger charge is -2.13. The molecule has 0 spiro atoms. The van der Waals surface area contributed by atoms with Gasteiger partial charge in [-0.3, -0.25) is 0 Å². The molecule has 0 aliphatic heterocycles. The molecule has 0 amide bonds. The van der Waals surface area contributed by atoms with Gasteiger partial charge in [0.1, 0.15) is 0 Å². The number of hydrogen-bond acceptors (Lipinski definition) is 2. The van der Waals surface area contributed by atoms with Crippen LogP contribution in [0.3, 0.4) is 0 Å². The zero-order chi connectivity index (χ0) is 9.68. The van der Waals surface area contributed by atoms with E-state index in [0.29, 0.717) is 12.0 Å². The summed E-state index contributed by atoms with van der Waals surface area (Å²) in [6.45, 7) is 7.67. The number of furan rings is 1. The Morgan fingerprint density at radius 2 is 2.15 bits per heavy atom. The first-order chi connectivity index (χ1) is 6.18. The van der Waals surface area contributed by atoms with Gasteiger partial charge in [-0.1, -0.05) is 20.8 Å². The minimum absolute atomic E-state index is 0.576. The highest BCUT2D eigenvalue weighted by Gasteiger charge is 2.04. The Morgan fingerprint density at radius 1 is 1.38 bits per heavy atom. The van der Waals surface area contributed by atoms with Gasteiger partial charge in [0.15, 0.2) is 0 Å². The van der Waals surface area contributed by atoms with Crippen molar-refractivity contribution >= 4 is 0 Å². The third-order valence-corrected chi connectivity index (χ3v) is 2.04. The summed E-state index contributed by atoms with van der Waals surface area (Å²) < 4.78 is 5.02. The van der Waals surface area contributed by atoms with Gasteiger partial charge in [0.05, 0.1) is 12.5 Å². The van der Waals surface area contributed by atoms with Gasteiger partial charge in [-0.15, -0.1) is 0 Å². The minimum atomic E-state index is 0.576. The number of hydrogen-bond donors (Lipinski definition) is 1. The normalized spacial score (nSPS) is 13.5. The van der Waals surface area contributed by atoms with Crippen LogP contribution in [0.15, 0.2) is 23.0 Å². The average Bonchev–Trinajstić information content (AvgIpc) is 2.53. The fraction of sp³-hybridized carbons (Fsp3) is 0.636. The van der Waals surface area contributed by atoms with Crippen LogP contribution in [-0.2, 0) is 6.42 Å². The molecule has 0 saturated carbocycles. The van der Waals surface area contributed by atoms with Crippen molar-refractivity contribution in [3.63, 3.8) is 0 Å². The third-order valence-electron chi connectivity index (χ3n) is 2.04. The Hall–Kier alpha value is -0.760. The molecular weight excluding hydrogens is 162 g/mol. The SMILES string of the molecule is CC(CNC(C)C)Cc1ccoc1. The van der Waals surface area contributed by atoms with Crippen molar-refractivity contribution in [3.05, 3.63) is 24.2 Å². The molecule has 1 atom stereocenters. The topological polar surface area (TPSA) is 25.2 Å². The molecule has 1 N–H and O–H groups in total. The van der Waals surface area contributed by atoms with Crippen molar-refractivity contribution in [2.24, 2.45) is 5.92 Å². The summed E-state index contributed by atoms with van der Waals surface area (Å²) in [5, 5.41) is 3.43. The second-order valence-corrected chi connectivity index (χ2v) is 4.00. The Bertz CT molecular complexity index is 216. The fourth-order valence-electron chi connectivity index (χ4n) is 1.32. The Labute approximate surface area is 80.3 Å². The van der Waals surface area contributed by atoms with E-state index in [9.17, 15) is 0 Å². The van der Waals surface area contributed by atoms with E-state index in [1.165, 1.54) is 5.56 Å². The number of nitrogens with one attached hydrogen (secondary N) is 1. The first kappa shape index (κ1) is 10.3. The molecule has 0 aromatic carbocycles. The number of rotatable bonds is 5. The molecule has 2 nitrogen and oxygen atoms in total. The van der Waals surface area contributed by atoms with Gasteiger partial charge in [-0.05, 0) is 30.5 Å². The van der Waals surface area contributed by atoms with Crippen molar-refractivity contribution < 1.29 is 4.42 Å². The van der Waals surface area contributed by atoms with Crippen LogP contribution in [-0.4, -0.2) is 12.6 Å². The van der Waals surface area contributed by atoms with E-state index >= 15 is 0 Å². The van der Waals surface area contributed by atoms with Crippen LogP contribution in [0.2, 0.25) is 0 Å². The molecule has 0 fully saturated rings. The summed E-state index contributed by atoms with van der Waals surface area (Å²) in [5.74, 6) is 0.667. The predicted octanol–water partition coefficient (Wildman–Crippen LogP) is 2.46. The summed E-state index contributed by atoms with van der Waals surface area (Å²) in [4.78, 5) is 0. The monoisotopic (exact) mass is 181 g/mol. The van der Waals surface area contributed by atoms with Crippen molar-refractivity contribution in [1.82, 2.24) is 5.32 Å². The lowest BCUT2D eigenvalue weighted by molar-refractivity contribution is 0.473. The molecule has 0 radical (unpaired) electrons. The summed E-state index contributed by atoms with van der Waals surface area (Å²) in [5.41, 5.74) is 1.29. The minimum Gasteiger partial charge on any atom is -0.472 e. The van der Waals surface area contributed by atoms with E-state index in [0.717, 1.165) is 13.0 Å². The fourth-order valence-corrected chi connectivity index (χ4v) is 1.32. The maximum Gasteiger partial charge on any atom is 0.0934 e. The highest BCUT2D eigenvalue weighted by molar-refractivity contribution is 5.05. The van der Waals surface area contributed by atoms with Crippen molar-refractivity contribution in [3.8, 4) is 0 Å². The van der Waals surface area contributed by atoms with E-state index in [-0.39, 0.29) is 0 Å². The summed E-state index contributed by atoms with van der Waals surface area (Å²) in [6, 6.07) is 2.61. The Balaban J connectivity index is 2.22. The predicted molar refractivity (Wildman–Crippen MR) is 54.7 cm³/mol. The zero-order valence-electron chi connectivity index (χ0n) is 8.71.